The van der Waals surface area contributed by atoms with Gasteiger partial charge in [0.2, 0.25) is 30.1 Å². The van der Waals surface area contributed by atoms with Crippen molar-refractivity contribution in [3.05, 3.63) is 104 Å². The number of ether oxygens (including phenoxy) is 11. The third kappa shape index (κ3) is 39.9. The van der Waals surface area contributed by atoms with E-state index in [9.17, 15) is 54.0 Å². The summed E-state index contributed by atoms with van der Waals surface area (Å²) >= 11 is 14.6. The first kappa shape index (κ1) is 110. The standard InChI is InChI=1S/C18H24N2O5S2.C17H23N3O5S2.C11H11ClN2O3S2.C10H18O5.C5H12N2O2.C5H3N2O.C3H2N2.C2H3ClO2.K.H2O/c1-3-13(18(21)24-2)4-7-17-19-15-6-5-14(12-16(15)26-17)27(22,23)20-8-10-25-11-9-20;1-24-17(21)12(11-18)2-5-16-19-14-4-3-13(10-15(14)26-16)27(22,23)20-6-8-25-9-7-20;12-11-13-9-2-1-8(7-10(9)18-11)19(15,16)14-3-5-17-6-4-14;1-9(2,3)14-7(11)13-8(12)15-10(4,5)6;1-9-5(8)4(2-6)3-7;1-7-5(3-6)4-8-2;1-5-3-2-4;1-5-2(3)4;;/h5-6,12-13H,3-4,7-11H2,1-2H3;3-4,10,12H,2,5-9,11,18H2,1H3;1-2,7H,3-6H2;1-6H3;4H,2-3,6-7H2,1H3;2H3;3H2;1H3;;1H2/q;;;;;-1;;;+1;/p-1. The molecule has 3 aliphatic rings. The Morgan fingerprint density at radius 2 is 0.915 bits per heavy atom. The minimum Gasteiger partial charge on any atom is -0.870 e. The molecule has 6 aromatic rings. The Balaban J connectivity index is 0.00000140. The number of methoxy groups -OCH3 is 5. The number of carbonyl (C=O) groups excluding carboxylic acids is 6. The van der Waals surface area contributed by atoms with Gasteiger partial charge < -0.3 is 84.9 Å². The number of allylic oxidation sites excluding steroid dienone is 1. The van der Waals surface area contributed by atoms with Gasteiger partial charge in [0, 0.05) is 90.5 Å². The minimum atomic E-state index is -3.53. The zero-order valence-electron chi connectivity index (χ0n) is 67.0. The van der Waals surface area contributed by atoms with Crippen LogP contribution >= 0.6 is 57.2 Å². The molecule has 37 nitrogen and oxygen atoms in total. The SMILES string of the molecule is CC(C)(C)OC(=O)OC(=O)OC(C)(C)C.CCC(CCc1nc2ccc(S(=O)(=O)N3CCOCC3)cc2s1)C(=O)OC.COC(=O)C(CN)CCc1nc2ccc(S(=O)(=O)N3CCOCC3)cc2s1.COC(=O)C(CN)CN.COC(=O)Cl.O=S(=O)(c1ccc2nc(Cl)sc2c1)N1CCOCC1.[C-]#[N+]C(C#N)=[C-]OC.[C-]#[N+]CC#N.[K+].[OH-]. The van der Waals surface area contributed by atoms with E-state index in [0.29, 0.717) is 109 Å². The maximum absolute atomic E-state index is 12.8. The van der Waals surface area contributed by atoms with Gasteiger partial charge in [0.25, 0.3) is 6.54 Å². The maximum Gasteiger partial charge on any atom is 1.00 e. The molecule has 3 saturated heterocycles. The van der Waals surface area contributed by atoms with Crippen LogP contribution in [0.15, 0.2) is 75.0 Å². The van der Waals surface area contributed by atoms with E-state index in [4.69, 9.17) is 85.6 Å². The van der Waals surface area contributed by atoms with Gasteiger partial charge in [-0.2, -0.15) is 24.2 Å². The van der Waals surface area contributed by atoms with E-state index < -0.39 is 59.0 Å². The van der Waals surface area contributed by atoms with E-state index in [2.05, 4.69) is 61.5 Å². The quantitative estimate of drug-likeness (QED) is 0.00914. The summed E-state index contributed by atoms with van der Waals surface area (Å²) in [7, 11) is -3.88. The Morgan fingerprint density at radius 3 is 1.18 bits per heavy atom. The number of aromatic nitrogens is 3. The summed E-state index contributed by atoms with van der Waals surface area (Å²) in [4.78, 5) is 84.9. The number of rotatable bonds is 20. The van der Waals surface area contributed by atoms with Crippen molar-refractivity contribution in [3.8, 4) is 12.1 Å². The van der Waals surface area contributed by atoms with Gasteiger partial charge in [0.15, 0.2) is 4.47 Å². The van der Waals surface area contributed by atoms with Crippen LogP contribution in [0.2, 0.25) is 4.47 Å². The molecule has 46 heteroatoms. The van der Waals surface area contributed by atoms with Gasteiger partial charge in [0.1, 0.15) is 23.0 Å². The first-order chi connectivity index (χ1) is 54.3. The minimum absolute atomic E-state index is 0. The van der Waals surface area contributed by atoms with Crippen LogP contribution in [-0.2, 0) is 109 Å². The summed E-state index contributed by atoms with van der Waals surface area (Å²) in [6.07, 6.45) is 3.15. The number of esters is 3. The molecule has 642 valence electrons. The topological polar surface area (TPSA) is 519 Å². The van der Waals surface area contributed by atoms with Gasteiger partial charge in [-0.05, 0) is 115 Å². The molecule has 117 heavy (non-hydrogen) atoms. The monoisotopic (exact) mass is 1820 g/mol. The fraction of sp³-hybridized carbons (Fsp3) is 0.535. The first-order valence-electron chi connectivity index (χ1n) is 34.7. The summed E-state index contributed by atoms with van der Waals surface area (Å²) in [5.74, 6) is -1.69. The molecule has 0 saturated carbocycles. The average Bonchev–Trinajstić information content (AvgIpc) is 1.72. The van der Waals surface area contributed by atoms with Crippen molar-refractivity contribution >= 4 is 154 Å². The zero-order chi connectivity index (χ0) is 86.7. The number of hydrogen-bond donors (Lipinski definition) is 3. The number of benzene rings is 3. The van der Waals surface area contributed by atoms with E-state index in [1.54, 1.807) is 108 Å². The van der Waals surface area contributed by atoms with E-state index in [-0.39, 0.29) is 139 Å². The van der Waals surface area contributed by atoms with Crippen molar-refractivity contribution in [2.45, 2.75) is 106 Å². The molecule has 3 aliphatic heterocycles. The van der Waals surface area contributed by atoms with Crippen LogP contribution in [0.4, 0.5) is 14.4 Å². The first-order valence-corrected chi connectivity index (χ1v) is 42.2. The van der Waals surface area contributed by atoms with Crippen LogP contribution in [0.5, 0.6) is 0 Å². The molecule has 7 N–H and O–H groups in total. The number of sulfonamides is 3. The van der Waals surface area contributed by atoms with Gasteiger partial charge in [-0.1, -0.05) is 24.8 Å². The van der Waals surface area contributed by atoms with E-state index in [1.165, 1.54) is 82.5 Å². The van der Waals surface area contributed by atoms with E-state index in [0.717, 1.165) is 47.1 Å². The summed E-state index contributed by atoms with van der Waals surface area (Å²) in [5.41, 5.74) is 15.9. The summed E-state index contributed by atoms with van der Waals surface area (Å²) in [5, 5.41) is 17.4. The fourth-order valence-corrected chi connectivity index (χ4v) is 16.9. The van der Waals surface area contributed by atoms with Gasteiger partial charge >= 0.3 is 87.0 Å². The Bertz CT molecular complexity index is 4490. The van der Waals surface area contributed by atoms with Gasteiger partial charge in [-0.3, -0.25) is 19.2 Å². The number of halogens is 2. The zero-order valence-corrected chi connectivity index (χ0v) is 76.6. The van der Waals surface area contributed by atoms with Crippen LogP contribution in [0.1, 0.15) is 77.7 Å². The van der Waals surface area contributed by atoms with Gasteiger partial charge in [-0.25, -0.2) is 61.2 Å². The number of nitrogens with zero attached hydrogens (tertiary/aromatic N) is 10. The van der Waals surface area contributed by atoms with Crippen molar-refractivity contribution in [1.29, 1.82) is 10.5 Å². The molecule has 3 aromatic carbocycles. The molecule has 0 amide bonds. The molecule has 0 aliphatic carbocycles. The largest absolute Gasteiger partial charge is 1.00 e. The van der Waals surface area contributed by atoms with Crippen molar-refractivity contribution in [3.63, 3.8) is 0 Å². The molecule has 2 atom stereocenters. The fourth-order valence-electron chi connectivity index (χ4n) is 9.30. The maximum atomic E-state index is 12.8. The van der Waals surface area contributed by atoms with Crippen LogP contribution in [0.3, 0.4) is 0 Å². The molecule has 3 aromatic heterocycles. The van der Waals surface area contributed by atoms with Crippen molar-refractivity contribution < 1.29 is 163 Å². The molecule has 9 rings (SSSR count). The number of nitriles is 2. The van der Waals surface area contributed by atoms with E-state index in [1.807, 2.05) is 6.92 Å². The van der Waals surface area contributed by atoms with Crippen molar-refractivity contribution in [1.82, 2.24) is 27.9 Å². The number of nitrogens with two attached hydrogens (primary N) is 3. The molecule has 3 fully saturated rings. The molecule has 0 bridgehead atoms. The van der Waals surface area contributed by atoms with Crippen LogP contribution in [-0.4, -0.2) is 246 Å². The number of thiazole rings is 3. The van der Waals surface area contributed by atoms with Crippen LogP contribution in [0, 0.1) is 59.8 Å². The van der Waals surface area contributed by atoms with Crippen molar-refractivity contribution in [2.75, 3.05) is 141 Å². The number of hydrogen-bond acceptors (Lipinski definition) is 35. The summed E-state index contributed by atoms with van der Waals surface area (Å²) < 4.78 is 135. The van der Waals surface area contributed by atoms with Gasteiger partial charge in [-0.15, -0.1) is 34.0 Å². The smallest absolute Gasteiger partial charge is 0.870 e. The third-order valence-corrected chi connectivity index (χ3v) is 24.1. The predicted molar refractivity (Wildman–Crippen MR) is 430 cm³/mol. The summed E-state index contributed by atoms with van der Waals surface area (Å²) in [6.45, 7) is 29.8. The van der Waals surface area contributed by atoms with Crippen molar-refractivity contribution in [2.24, 2.45) is 35.0 Å². The second-order valence-electron chi connectivity index (χ2n) is 25.3. The van der Waals surface area contributed by atoms with E-state index >= 15 is 0 Å². The second kappa shape index (κ2) is 56.6. The van der Waals surface area contributed by atoms with Gasteiger partial charge in [0.05, 0.1) is 148 Å². The Labute approximate surface area is 746 Å². The third-order valence-electron chi connectivity index (χ3n) is 15.0. The molecular weight excluding hydrogens is 1720 g/mol. The molecule has 0 spiro atoms. The number of fused-ring (bicyclic) bond motifs is 3. The average molecular weight is 1820 g/mol. The Hall–Kier alpha value is -6.88. The Kier molecular flexibility index (Phi) is 53.3. The molecule has 2 unspecified atom stereocenters. The predicted octanol–water partition coefficient (Wildman–Crippen LogP) is 5.95. The number of carbonyl (C=O) groups is 6. The van der Waals surface area contributed by atoms with Crippen LogP contribution in [0.25, 0.3) is 40.3 Å². The Morgan fingerprint density at radius 1 is 0.581 bits per heavy atom. The molecule has 0 radical (unpaired) electrons. The number of aryl methyl sites for hydroxylation is 2. The summed E-state index contributed by atoms with van der Waals surface area (Å²) in [6, 6.07) is 18.2. The molecule has 6 heterocycles. The normalized spacial score (nSPS) is 14.2. The second-order valence-corrected chi connectivity index (χ2v) is 35.3. The molecular formula is C71H97Cl2KN13O24S6-. The van der Waals surface area contributed by atoms with Crippen LogP contribution < -0.4 is 68.6 Å². The number of morpholine rings is 3.